The van der Waals surface area contributed by atoms with Crippen LogP contribution in [0.1, 0.15) is 36.8 Å². The summed E-state index contributed by atoms with van der Waals surface area (Å²) in [6.07, 6.45) is 8.64. The number of aromatic nitrogens is 2. The Morgan fingerprint density at radius 3 is 1.54 bits per heavy atom. The lowest BCUT2D eigenvalue weighted by atomic mass is 10.2. The highest BCUT2D eigenvalue weighted by molar-refractivity contribution is 5.73. The van der Waals surface area contributed by atoms with Gasteiger partial charge in [0.2, 0.25) is 0 Å². The molecular weight excluding hydrogens is 352 g/mol. The molecule has 2 N–H and O–H groups in total. The van der Waals surface area contributed by atoms with Crippen molar-refractivity contribution in [2.75, 3.05) is 36.0 Å². The van der Waals surface area contributed by atoms with Crippen molar-refractivity contribution in [2.24, 2.45) is 0 Å². The summed E-state index contributed by atoms with van der Waals surface area (Å²) in [6.45, 7) is 5.26. The third-order valence-electron chi connectivity index (χ3n) is 5.38. The maximum absolute atomic E-state index is 12.1. The Bertz CT molecular complexity index is 699. The molecule has 7 nitrogen and oxygen atoms in total. The van der Waals surface area contributed by atoms with Gasteiger partial charge in [0.1, 0.15) is 11.6 Å². The van der Waals surface area contributed by atoms with Crippen LogP contribution in [0.25, 0.3) is 0 Å². The average molecular weight is 380 g/mol. The van der Waals surface area contributed by atoms with Gasteiger partial charge in [0.15, 0.2) is 0 Å². The van der Waals surface area contributed by atoms with Gasteiger partial charge in [-0.15, -0.1) is 0 Å². The van der Waals surface area contributed by atoms with Crippen LogP contribution in [-0.4, -0.2) is 42.2 Å². The van der Waals surface area contributed by atoms with Crippen LogP contribution >= 0.6 is 0 Å². The molecule has 0 saturated carbocycles. The predicted octanol–water partition coefficient (Wildman–Crippen LogP) is 2.68. The number of rotatable bonds is 6. The van der Waals surface area contributed by atoms with Gasteiger partial charge < -0.3 is 20.4 Å². The van der Waals surface area contributed by atoms with E-state index in [-0.39, 0.29) is 6.03 Å². The number of carbonyl (C=O) groups is 1. The maximum atomic E-state index is 12.1. The standard InChI is InChI=1S/C21H28N6O/c28-21(24-15-17-5-7-19(22-13-17)26-9-1-2-10-26)25-16-18-6-8-20(23-14-18)27-11-3-4-12-27/h5-8,13-14H,1-4,9-12,15-16H2,(H2,24,25,28). The molecule has 2 fully saturated rings. The molecule has 2 amide bonds. The van der Waals surface area contributed by atoms with Crippen LogP contribution in [0.5, 0.6) is 0 Å². The summed E-state index contributed by atoms with van der Waals surface area (Å²) in [4.78, 5) is 25.7. The molecule has 2 aromatic rings. The van der Waals surface area contributed by atoms with E-state index < -0.39 is 0 Å². The smallest absolute Gasteiger partial charge is 0.315 e. The van der Waals surface area contributed by atoms with Crippen molar-refractivity contribution in [1.82, 2.24) is 20.6 Å². The van der Waals surface area contributed by atoms with Gasteiger partial charge in [-0.3, -0.25) is 0 Å². The molecule has 2 aromatic heterocycles. The zero-order valence-corrected chi connectivity index (χ0v) is 16.2. The second-order valence-corrected chi connectivity index (χ2v) is 7.47. The van der Waals surface area contributed by atoms with Gasteiger partial charge >= 0.3 is 6.03 Å². The number of pyridine rings is 2. The number of urea groups is 1. The van der Waals surface area contributed by atoms with Crippen molar-refractivity contribution in [2.45, 2.75) is 38.8 Å². The van der Waals surface area contributed by atoms with E-state index in [1.165, 1.54) is 25.7 Å². The summed E-state index contributed by atoms with van der Waals surface area (Å²) in [7, 11) is 0. The molecule has 4 rings (SSSR count). The molecule has 0 aromatic carbocycles. The molecule has 2 aliphatic rings. The molecule has 0 radical (unpaired) electrons. The van der Waals surface area contributed by atoms with Crippen LogP contribution < -0.4 is 20.4 Å². The van der Waals surface area contributed by atoms with Crippen molar-refractivity contribution < 1.29 is 4.79 Å². The predicted molar refractivity (Wildman–Crippen MR) is 110 cm³/mol. The minimum Gasteiger partial charge on any atom is -0.357 e. The first-order valence-electron chi connectivity index (χ1n) is 10.2. The highest BCUT2D eigenvalue weighted by atomic mass is 16.2. The van der Waals surface area contributed by atoms with Crippen molar-refractivity contribution in [3.05, 3.63) is 47.8 Å². The molecule has 28 heavy (non-hydrogen) atoms. The van der Waals surface area contributed by atoms with Crippen LogP contribution in [0.3, 0.4) is 0 Å². The summed E-state index contributed by atoms with van der Waals surface area (Å²) < 4.78 is 0. The second kappa shape index (κ2) is 8.91. The van der Waals surface area contributed by atoms with Gasteiger partial charge in [-0.05, 0) is 48.9 Å². The Balaban J connectivity index is 1.20. The van der Waals surface area contributed by atoms with Crippen LogP contribution in [0.15, 0.2) is 36.7 Å². The molecule has 4 heterocycles. The fraction of sp³-hybridized carbons (Fsp3) is 0.476. The zero-order valence-electron chi connectivity index (χ0n) is 16.2. The number of nitrogens with one attached hydrogen (secondary N) is 2. The monoisotopic (exact) mass is 380 g/mol. The lowest BCUT2D eigenvalue weighted by molar-refractivity contribution is 0.240. The Hall–Kier alpha value is -2.83. The molecule has 0 atom stereocenters. The average Bonchev–Trinajstić information content (AvgIpc) is 3.46. The van der Waals surface area contributed by atoms with E-state index in [4.69, 9.17) is 0 Å². The molecular formula is C21H28N6O. The van der Waals surface area contributed by atoms with Gasteiger partial charge in [0.25, 0.3) is 0 Å². The number of amides is 2. The Kier molecular flexibility index (Phi) is 5.89. The van der Waals surface area contributed by atoms with Crippen molar-refractivity contribution in [1.29, 1.82) is 0 Å². The Labute approximate surface area is 166 Å². The van der Waals surface area contributed by atoms with E-state index in [2.05, 4.69) is 30.4 Å². The van der Waals surface area contributed by atoms with E-state index in [9.17, 15) is 4.79 Å². The summed E-state index contributed by atoms with van der Waals surface area (Å²) >= 11 is 0. The summed E-state index contributed by atoms with van der Waals surface area (Å²) in [5.41, 5.74) is 1.99. The van der Waals surface area contributed by atoms with Crippen molar-refractivity contribution in [3.8, 4) is 0 Å². The maximum Gasteiger partial charge on any atom is 0.315 e. The summed E-state index contributed by atoms with van der Waals surface area (Å²) in [5.74, 6) is 2.05. The molecule has 7 heteroatoms. The minimum atomic E-state index is -0.188. The van der Waals surface area contributed by atoms with E-state index in [1.54, 1.807) is 0 Å². The van der Waals surface area contributed by atoms with Gasteiger partial charge in [-0.2, -0.15) is 0 Å². The van der Waals surface area contributed by atoms with E-state index in [1.807, 2.05) is 36.7 Å². The number of anilines is 2. The van der Waals surface area contributed by atoms with Crippen molar-refractivity contribution >= 4 is 17.7 Å². The molecule has 2 aliphatic heterocycles. The normalized spacial score (nSPS) is 16.4. The lowest BCUT2D eigenvalue weighted by Crippen LogP contribution is -2.34. The van der Waals surface area contributed by atoms with Crippen LogP contribution in [0, 0.1) is 0 Å². The number of carbonyl (C=O) groups excluding carboxylic acids is 1. The molecule has 0 unspecified atom stereocenters. The second-order valence-electron chi connectivity index (χ2n) is 7.47. The van der Waals surface area contributed by atoms with Gasteiger partial charge in [-0.25, -0.2) is 14.8 Å². The number of nitrogens with zero attached hydrogens (tertiary/aromatic N) is 4. The van der Waals surface area contributed by atoms with E-state index >= 15 is 0 Å². The Morgan fingerprint density at radius 1 is 0.750 bits per heavy atom. The zero-order chi connectivity index (χ0) is 19.2. The third-order valence-corrected chi connectivity index (χ3v) is 5.38. The first-order chi connectivity index (χ1) is 13.8. The third kappa shape index (κ3) is 4.71. The van der Waals surface area contributed by atoms with E-state index in [0.29, 0.717) is 13.1 Å². The molecule has 0 aliphatic carbocycles. The van der Waals surface area contributed by atoms with Crippen LogP contribution in [-0.2, 0) is 13.1 Å². The van der Waals surface area contributed by atoms with Gasteiger partial charge in [0, 0.05) is 51.7 Å². The van der Waals surface area contributed by atoms with Crippen LogP contribution in [0.2, 0.25) is 0 Å². The SMILES string of the molecule is O=C(NCc1ccc(N2CCCC2)nc1)NCc1ccc(N2CCCC2)nc1. The topological polar surface area (TPSA) is 73.4 Å². The Morgan fingerprint density at radius 2 is 1.18 bits per heavy atom. The van der Waals surface area contributed by atoms with Gasteiger partial charge in [0.05, 0.1) is 0 Å². The highest BCUT2D eigenvalue weighted by Crippen LogP contribution is 2.18. The number of hydrogen-bond donors (Lipinski definition) is 2. The summed E-state index contributed by atoms with van der Waals surface area (Å²) in [5, 5.41) is 5.76. The first kappa shape index (κ1) is 18.5. The fourth-order valence-corrected chi connectivity index (χ4v) is 3.74. The van der Waals surface area contributed by atoms with E-state index in [0.717, 1.165) is 48.9 Å². The summed E-state index contributed by atoms with van der Waals surface area (Å²) in [6, 6.07) is 7.94. The van der Waals surface area contributed by atoms with Gasteiger partial charge in [-0.1, -0.05) is 12.1 Å². The highest BCUT2D eigenvalue weighted by Gasteiger charge is 2.14. The molecule has 148 valence electrons. The fourth-order valence-electron chi connectivity index (χ4n) is 3.74. The molecule has 0 spiro atoms. The molecule has 2 saturated heterocycles. The lowest BCUT2D eigenvalue weighted by Gasteiger charge is -2.16. The largest absolute Gasteiger partial charge is 0.357 e. The number of hydrogen-bond acceptors (Lipinski definition) is 5. The quantitative estimate of drug-likeness (QED) is 0.806. The van der Waals surface area contributed by atoms with Crippen molar-refractivity contribution in [3.63, 3.8) is 0 Å². The van der Waals surface area contributed by atoms with Crippen LogP contribution in [0.4, 0.5) is 16.4 Å². The first-order valence-corrected chi connectivity index (χ1v) is 10.2. The minimum absolute atomic E-state index is 0.188. The molecule has 0 bridgehead atoms.